The molecule has 4 rings (SSSR count). The van der Waals surface area contributed by atoms with E-state index in [0.29, 0.717) is 52.7 Å². The van der Waals surface area contributed by atoms with E-state index in [0.717, 1.165) is 0 Å². The minimum atomic E-state index is -0.389. The molecule has 10 nitrogen and oxygen atoms in total. The summed E-state index contributed by atoms with van der Waals surface area (Å²) in [6, 6.07) is 9.41. The first-order valence-electron chi connectivity index (χ1n) is 11.0. The van der Waals surface area contributed by atoms with Crippen molar-refractivity contribution in [1.82, 2.24) is 24.6 Å². The molecular formula is C25H26FN7O3. The average molecular weight is 492 g/mol. The Morgan fingerprint density at radius 2 is 2.03 bits per heavy atom. The summed E-state index contributed by atoms with van der Waals surface area (Å²) in [7, 11) is 5.40. The van der Waals surface area contributed by atoms with Crippen molar-refractivity contribution in [3.05, 3.63) is 67.3 Å². The van der Waals surface area contributed by atoms with Crippen molar-refractivity contribution in [2.75, 3.05) is 45.0 Å². The minimum Gasteiger partial charge on any atom is -0.494 e. The van der Waals surface area contributed by atoms with Gasteiger partial charge in [0, 0.05) is 18.8 Å². The van der Waals surface area contributed by atoms with Gasteiger partial charge in [0.1, 0.15) is 23.9 Å². The van der Waals surface area contributed by atoms with Crippen molar-refractivity contribution >= 4 is 34.3 Å². The van der Waals surface area contributed by atoms with E-state index >= 15 is 0 Å². The summed E-state index contributed by atoms with van der Waals surface area (Å²) in [4.78, 5) is 23.0. The number of carbonyl (C=O) groups is 1. The van der Waals surface area contributed by atoms with Gasteiger partial charge in [-0.3, -0.25) is 4.79 Å². The third-order valence-corrected chi connectivity index (χ3v) is 5.15. The molecule has 4 aromatic rings. The molecule has 0 atom stereocenters. The number of hydrogen-bond donors (Lipinski definition) is 2. The molecule has 1 amide bonds. The van der Waals surface area contributed by atoms with Gasteiger partial charge in [-0.25, -0.2) is 14.1 Å². The number of rotatable bonds is 10. The molecule has 2 N–H and O–H groups in total. The van der Waals surface area contributed by atoms with E-state index in [1.54, 1.807) is 36.7 Å². The summed E-state index contributed by atoms with van der Waals surface area (Å²) in [6.45, 7) is 4.60. The number of ether oxygens (including phenoxy) is 2. The van der Waals surface area contributed by atoms with Crippen LogP contribution in [0.1, 0.15) is 0 Å². The van der Waals surface area contributed by atoms with E-state index in [-0.39, 0.29) is 17.7 Å². The Bertz CT molecular complexity index is 1400. The van der Waals surface area contributed by atoms with Gasteiger partial charge >= 0.3 is 0 Å². The van der Waals surface area contributed by atoms with Gasteiger partial charge in [0.15, 0.2) is 5.65 Å². The van der Waals surface area contributed by atoms with Gasteiger partial charge in [-0.15, -0.1) is 0 Å². The molecule has 0 aliphatic heterocycles. The number of halogens is 1. The lowest BCUT2D eigenvalue weighted by molar-refractivity contribution is -0.111. The zero-order chi connectivity index (χ0) is 25.7. The molecule has 36 heavy (non-hydrogen) atoms. The van der Waals surface area contributed by atoms with Gasteiger partial charge < -0.3 is 25.0 Å². The number of likely N-dealkylation sites (N-methyl/N-ethyl adjacent to an activating group) is 1. The predicted octanol–water partition coefficient (Wildman–Crippen LogP) is 3.77. The maximum atomic E-state index is 13.8. The summed E-state index contributed by atoms with van der Waals surface area (Å²) in [5.41, 5.74) is 1.93. The quantitative estimate of drug-likeness (QED) is 0.323. The molecule has 2 aromatic heterocycles. The Morgan fingerprint density at radius 1 is 1.19 bits per heavy atom. The van der Waals surface area contributed by atoms with Crippen molar-refractivity contribution in [3.8, 4) is 17.2 Å². The van der Waals surface area contributed by atoms with Crippen LogP contribution in [0.2, 0.25) is 0 Å². The highest BCUT2D eigenvalue weighted by Crippen LogP contribution is 2.38. The lowest BCUT2D eigenvalue weighted by atomic mass is 10.2. The first-order chi connectivity index (χ1) is 17.4. The van der Waals surface area contributed by atoms with Crippen molar-refractivity contribution < 1.29 is 18.7 Å². The fourth-order valence-electron chi connectivity index (χ4n) is 3.36. The monoisotopic (exact) mass is 491 g/mol. The van der Waals surface area contributed by atoms with E-state index < -0.39 is 0 Å². The zero-order valence-corrected chi connectivity index (χ0v) is 20.2. The van der Waals surface area contributed by atoms with Gasteiger partial charge in [0.2, 0.25) is 11.9 Å². The second kappa shape index (κ2) is 10.8. The average Bonchev–Trinajstić information content (AvgIpc) is 3.28. The number of anilines is 3. The third-order valence-electron chi connectivity index (χ3n) is 5.15. The second-order valence-electron chi connectivity index (χ2n) is 8.03. The normalized spacial score (nSPS) is 10.9. The van der Waals surface area contributed by atoms with Crippen LogP contribution < -0.4 is 20.1 Å². The fraction of sp³-hybridized carbons (Fsp3) is 0.200. The van der Waals surface area contributed by atoms with Crippen LogP contribution in [-0.2, 0) is 4.79 Å². The summed E-state index contributed by atoms with van der Waals surface area (Å²) < 4.78 is 26.7. The largest absolute Gasteiger partial charge is 0.494 e. The Morgan fingerprint density at radius 3 is 2.75 bits per heavy atom. The van der Waals surface area contributed by atoms with Crippen molar-refractivity contribution in [2.45, 2.75) is 0 Å². The molecule has 0 radical (unpaired) electrons. The molecule has 0 saturated carbocycles. The summed E-state index contributed by atoms with van der Waals surface area (Å²) in [5.74, 6) is 0.376. The number of nitrogens with zero attached hydrogens (tertiary/aromatic N) is 5. The Kier molecular flexibility index (Phi) is 7.40. The van der Waals surface area contributed by atoms with Crippen LogP contribution in [0.3, 0.4) is 0 Å². The van der Waals surface area contributed by atoms with Crippen molar-refractivity contribution in [1.29, 1.82) is 0 Å². The van der Waals surface area contributed by atoms with E-state index in [4.69, 9.17) is 9.47 Å². The van der Waals surface area contributed by atoms with Gasteiger partial charge in [0.25, 0.3) is 0 Å². The number of benzene rings is 2. The van der Waals surface area contributed by atoms with Gasteiger partial charge in [-0.1, -0.05) is 12.6 Å². The highest BCUT2D eigenvalue weighted by molar-refractivity contribution is 6.00. The predicted molar refractivity (Wildman–Crippen MR) is 136 cm³/mol. The molecule has 186 valence electrons. The summed E-state index contributed by atoms with van der Waals surface area (Å²) in [5, 5.41) is 10.9. The molecule has 2 aromatic carbocycles. The summed E-state index contributed by atoms with van der Waals surface area (Å²) >= 11 is 0. The van der Waals surface area contributed by atoms with Crippen molar-refractivity contribution in [2.24, 2.45) is 0 Å². The first kappa shape index (κ1) is 24.6. The third kappa shape index (κ3) is 5.58. The lowest BCUT2D eigenvalue weighted by Crippen LogP contribution is -2.20. The molecule has 0 bridgehead atoms. The lowest BCUT2D eigenvalue weighted by Gasteiger charge is -2.18. The standard InChI is InChI=1S/C25H26FN7O3/c1-5-23(34)29-20-12-19(21(35-4)13-22(20)36-10-9-32(2)3)30-25-27-14-16-15-28-33(24(16)31-25)18-8-6-7-17(26)11-18/h5-8,11-15H,1,9-10H2,2-4H3,(H,29,34)(H,27,30,31). The van der Waals surface area contributed by atoms with Gasteiger partial charge in [-0.2, -0.15) is 10.1 Å². The Hall–Kier alpha value is -4.51. The zero-order valence-electron chi connectivity index (χ0n) is 20.2. The molecule has 11 heteroatoms. The highest BCUT2D eigenvalue weighted by atomic mass is 19.1. The van der Waals surface area contributed by atoms with E-state index in [1.807, 2.05) is 19.0 Å². The van der Waals surface area contributed by atoms with E-state index in [1.165, 1.54) is 30.0 Å². The van der Waals surface area contributed by atoms with Crippen LogP contribution >= 0.6 is 0 Å². The highest BCUT2D eigenvalue weighted by Gasteiger charge is 2.16. The minimum absolute atomic E-state index is 0.251. The molecule has 0 saturated heterocycles. The molecule has 2 heterocycles. The van der Waals surface area contributed by atoms with Crippen LogP contribution in [0.25, 0.3) is 16.7 Å². The van der Waals surface area contributed by atoms with Crippen LogP contribution in [0, 0.1) is 5.82 Å². The first-order valence-corrected chi connectivity index (χ1v) is 11.0. The molecule has 0 fully saturated rings. The van der Waals surface area contributed by atoms with Crippen LogP contribution in [-0.4, -0.2) is 64.9 Å². The number of aromatic nitrogens is 4. The van der Waals surface area contributed by atoms with Crippen LogP contribution in [0.4, 0.5) is 21.7 Å². The maximum Gasteiger partial charge on any atom is 0.247 e. The number of carbonyl (C=O) groups excluding carboxylic acids is 1. The van der Waals surface area contributed by atoms with E-state index in [2.05, 4.69) is 32.3 Å². The van der Waals surface area contributed by atoms with E-state index in [9.17, 15) is 9.18 Å². The molecule has 0 aliphatic rings. The number of amides is 1. The SMILES string of the molecule is C=CC(=O)Nc1cc(Nc2ncc3cnn(-c4cccc(F)c4)c3n2)c(OC)cc1OCCN(C)C. The number of hydrogen-bond acceptors (Lipinski definition) is 8. The van der Waals surface area contributed by atoms with Crippen LogP contribution in [0.15, 0.2) is 61.4 Å². The fourth-order valence-corrected chi connectivity index (χ4v) is 3.36. The van der Waals surface area contributed by atoms with Crippen molar-refractivity contribution in [3.63, 3.8) is 0 Å². The number of methoxy groups -OCH3 is 1. The molecule has 0 unspecified atom stereocenters. The topological polar surface area (TPSA) is 106 Å². The maximum absolute atomic E-state index is 13.8. The van der Waals surface area contributed by atoms with Gasteiger partial charge in [-0.05, 0) is 44.4 Å². The molecular weight excluding hydrogens is 465 g/mol. The summed E-state index contributed by atoms with van der Waals surface area (Å²) in [6.07, 6.45) is 4.39. The smallest absolute Gasteiger partial charge is 0.247 e. The second-order valence-corrected chi connectivity index (χ2v) is 8.03. The number of nitrogens with one attached hydrogen (secondary N) is 2. The Balaban J connectivity index is 1.69. The van der Waals surface area contributed by atoms with Gasteiger partial charge in [0.05, 0.1) is 35.8 Å². The van der Waals surface area contributed by atoms with Crippen LogP contribution in [0.5, 0.6) is 11.5 Å². The molecule has 0 spiro atoms. The molecule has 0 aliphatic carbocycles. The number of fused-ring (bicyclic) bond motifs is 1. The Labute approximate surface area is 207 Å².